The van der Waals surface area contributed by atoms with Crippen molar-refractivity contribution in [2.24, 2.45) is 5.73 Å². The second-order valence-corrected chi connectivity index (χ2v) is 4.74. The summed E-state index contributed by atoms with van der Waals surface area (Å²) in [6.45, 7) is 6.93. The number of piperazine rings is 1. The molecule has 0 amide bonds. The monoisotopic (exact) mass is 265 g/mol. The van der Waals surface area contributed by atoms with Gasteiger partial charge >= 0.3 is 0 Å². The number of aromatic nitrogens is 2. The normalized spacial score (nSPS) is 18.4. The highest BCUT2D eigenvalue weighted by Crippen LogP contribution is 2.18. The number of anilines is 1. The van der Waals surface area contributed by atoms with E-state index >= 15 is 0 Å². The minimum absolute atomic E-state index is 0.502. The van der Waals surface area contributed by atoms with Gasteiger partial charge < -0.3 is 15.4 Å². The number of hydrogen-bond donors (Lipinski definition) is 1. The summed E-state index contributed by atoms with van der Waals surface area (Å²) in [6, 6.07) is 2.39. The Bertz CT molecular complexity index is 388. The van der Waals surface area contributed by atoms with Gasteiger partial charge in [-0.1, -0.05) is 6.92 Å². The van der Waals surface area contributed by atoms with E-state index in [1.54, 1.807) is 13.4 Å². The summed E-state index contributed by atoms with van der Waals surface area (Å²) >= 11 is 0. The SMILES string of the molecule is CCC(CN)N1CCN(c2cc(OC)ncn2)CC1. The van der Waals surface area contributed by atoms with Crippen LogP contribution in [0.4, 0.5) is 5.82 Å². The first-order valence-electron chi connectivity index (χ1n) is 6.83. The van der Waals surface area contributed by atoms with Crippen molar-refractivity contribution in [3.63, 3.8) is 0 Å². The summed E-state index contributed by atoms with van der Waals surface area (Å²) < 4.78 is 5.14. The van der Waals surface area contributed by atoms with Crippen LogP contribution < -0.4 is 15.4 Å². The first-order valence-corrected chi connectivity index (χ1v) is 6.83. The maximum absolute atomic E-state index is 5.81. The zero-order valence-corrected chi connectivity index (χ0v) is 11.7. The van der Waals surface area contributed by atoms with Crippen molar-refractivity contribution >= 4 is 5.82 Å². The molecule has 1 aliphatic rings. The molecule has 19 heavy (non-hydrogen) atoms. The molecule has 1 saturated heterocycles. The second-order valence-electron chi connectivity index (χ2n) is 4.74. The van der Waals surface area contributed by atoms with Gasteiger partial charge in [0, 0.05) is 44.8 Å². The van der Waals surface area contributed by atoms with Gasteiger partial charge in [-0.2, -0.15) is 0 Å². The minimum atomic E-state index is 0.502. The van der Waals surface area contributed by atoms with Crippen molar-refractivity contribution in [2.45, 2.75) is 19.4 Å². The molecular weight excluding hydrogens is 242 g/mol. The zero-order valence-electron chi connectivity index (χ0n) is 11.7. The summed E-state index contributed by atoms with van der Waals surface area (Å²) in [5, 5.41) is 0. The number of rotatable bonds is 5. The molecule has 0 spiro atoms. The maximum atomic E-state index is 5.81. The van der Waals surface area contributed by atoms with E-state index in [1.165, 1.54) is 0 Å². The second kappa shape index (κ2) is 6.68. The molecule has 1 unspecified atom stereocenters. The van der Waals surface area contributed by atoms with Gasteiger partial charge in [0.25, 0.3) is 0 Å². The third-order valence-corrected chi connectivity index (χ3v) is 3.73. The van der Waals surface area contributed by atoms with E-state index in [1.807, 2.05) is 6.07 Å². The fourth-order valence-corrected chi connectivity index (χ4v) is 2.50. The standard InChI is InChI=1S/C13H23N5O/c1-3-11(9-14)17-4-6-18(7-5-17)12-8-13(19-2)16-10-15-12/h8,10-11H,3-7,9,14H2,1-2H3. The van der Waals surface area contributed by atoms with Crippen LogP contribution in [0.25, 0.3) is 0 Å². The van der Waals surface area contributed by atoms with E-state index < -0.39 is 0 Å². The van der Waals surface area contributed by atoms with Crippen LogP contribution in [-0.2, 0) is 0 Å². The minimum Gasteiger partial charge on any atom is -0.481 e. The molecule has 0 aromatic carbocycles. The van der Waals surface area contributed by atoms with Crippen molar-refractivity contribution < 1.29 is 4.74 Å². The molecule has 1 aliphatic heterocycles. The molecule has 2 N–H and O–H groups in total. The summed E-state index contributed by atoms with van der Waals surface area (Å²) in [4.78, 5) is 13.1. The van der Waals surface area contributed by atoms with E-state index in [-0.39, 0.29) is 0 Å². The van der Waals surface area contributed by atoms with Crippen LogP contribution in [0.1, 0.15) is 13.3 Å². The van der Waals surface area contributed by atoms with Crippen LogP contribution in [0.5, 0.6) is 5.88 Å². The van der Waals surface area contributed by atoms with E-state index in [2.05, 4.69) is 26.7 Å². The van der Waals surface area contributed by atoms with Gasteiger partial charge in [-0.15, -0.1) is 0 Å². The molecule has 1 atom stereocenters. The van der Waals surface area contributed by atoms with Crippen LogP contribution in [0.2, 0.25) is 0 Å². The van der Waals surface area contributed by atoms with E-state index in [0.29, 0.717) is 11.9 Å². The molecule has 0 aliphatic carbocycles. The summed E-state index contributed by atoms with van der Waals surface area (Å²) in [5.74, 6) is 1.55. The van der Waals surface area contributed by atoms with Gasteiger partial charge in [-0.05, 0) is 6.42 Å². The van der Waals surface area contributed by atoms with E-state index in [4.69, 9.17) is 10.5 Å². The number of nitrogens with two attached hydrogens (primary N) is 1. The zero-order chi connectivity index (χ0) is 13.7. The lowest BCUT2D eigenvalue weighted by molar-refractivity contribution is 0.184. The van der Waals surface area contributed by atoms with Gasteiger partial charge in [0.1, 0.15) is 12.1 Å². The van der Waals surface area contributed by atoms with Crippen LogP contribution in [0.15, 0.2) is 12.4 Å². The van der Waals surface area contributed by atoms with Crippen molar-refractivity contribution in [1.82, 2.24) is 14.9 Å². The molecule has 1 fully saturated rings. The number of ether oxygens (including phenoxy) is 1. The fourth-order valence-electron chi connectivity index (χ4n) is 2.50. The fraction of sp³-hybridized carbons (Fsp3) is 0.692. The molecule has 2 rings (SSSR count). The molecule has 0 bridgehead atoms. The van der Waals surface area contributed by atoms with Crippen LogP contribution in [-0.4, -0.2) is 60.7 Å². The Morgan fingerprint density at radius 1 is 1.32 bits per heavy atom. The predicted molar refractivity (Wildman–Crippen MR) is 75.5 cm³/mol. The molecular formula is C13H23N5O. The van der Waals surface area contributed by atoms with Crippen molar-refractivity contribution in [1.29, 1.82) is 0 Å². The molecule has 1 aromatic rings. The molecule has 0 saturated carbocycles. The Hall–Kier alpha value is -1.40. The summed E-state index contributed by atoms with van der Waals surface area (Å²) in [6.07, 6.45) is 2.66. The van der Waals surface area contributed by atoms with E-state index in [9.17, 15) is 0 Å². The summed E-state index contributed by atoms with van der Waals surface area (Å²) in [5.41, 5.74) is 5.81. The number of hydrogen-bond acceptors (Lipinski definition) is 6. The molecule has 2 heterocycles. The van der Waals surface area contributed by atoms with E-state index in [0.717, 1.165) is 45.0 Å². The average Bonchev–Trinajstić information content (AvgIpc) is 2.49. The average molecular weight is 265 g/mol. The number of methoxy groups -OCH3 is 1. The Morgan fingerprint density at radius 3 is 2.63 bits per heavy atom. The highest BCUT2D eigenvalue weighted by atomic mass is 16.5. The van der Waals surface area contributed by atoms with Gasteiger partial charge in [-0.3, -0.25) is 4.90 Å². The Morgan fingerprint density at radius 2 is 2.05 bits per heavy atom. The highest BCUT2D eigenvalue weighted by Gasteiger charge is 2.22. The molecule has 1 aromatic heterocycles. The Balaban J connectivity index is 1.95. The largest absolute Gasteiger partial charge is 0.481 e. The number of nitrogens with zero attached hydrogens (tertiary/aromatic N) is 4. The van der Waals surface area contributed by atoms with Crippen LogP contribution in [0, 0.1) is 0 Å². The Labute approximate surface area is 114 Å². The maximum Gasteiger partial charge on any atom is 0.218 e. The molecule has 106 valence electrons. The lowest BCUT2D eigenvalue weighted by Gasteiger charge is -2.39. The lowest BCUT2D eigenvalue weighted by Crippen LogP contribution is -2.52. The topological polar surface area (TPSA) is 67.5 Å². The molecule has 6 nitrogen and oxygen atoms in total. The first kappa shape index (κ1) is 14.0. The van der Waals surface area contributed by atoms with Gasteiger partial charge in [0.15, 0.2) is 0 Å². The van der Waals surface area contributed by atoms with Crippen molar-refractivity contribution in [2.75, 3.05) is 44.7 Å². The summed E-state index contributed by atoms with van der Waals surface area (Å²) in [7, 11) is 1.62. The highest BCUT2D eigenvalue weighted by molar-refractivity contribution is 5.41. The van der Waals surface area contributed by atoms with Gasteiger partial charge in [0.05, 0.1) is 7.11 Å². The third kappa shape index (κ3) is 3.33. The molecule has 6 heteroatoms. The van der Waals surface area contributed by atoms with Crippen molar-refractivity contribution in [3.8, 4) is 5.88 Å². The Kier molecular flexibility index (Phi) is 4.93. The van der Waals surface area contributed by atoms with Crippen LogP contribution >= 0.6 is 0 Å². The quantitative estimate of drug-likeness (QED) is 0.828. The lowest BCUT2D eigenvalue weighted by atomic mass is 10.1. The molecule has 0 radical (unpaired) electrons. The first-order chi connectivity index (χ1) is 9.28. The van der Waals surface area contributed by atoms with Crippen molar-refractivity contribution in [3.05, 3.63) is 12.4 Å². The van der Waals surface area contributed by atoms with Gasteiger partial charge in [0.2, 0.25) is 5.88 Å². The third-order valence-electron chi connectivity index (χ3n) is 3.73. The van der Waals surface area contributed by atoms with Gasteiger partial charge in [-0.25, -0.2) is 9.97 Å². The smallest absolute Gasteiger partial charge is 0.218 e. The predicted octanol–water partition coefficient (Wildman–Crippen LogP) is 0.345. The van der Waals surface area contributed by atoms with Crippen LogP contribution in [0.3, 0.4) is 0 Å².